The molecule has 2 rings (SSSR count). The Labute approximate surface area is 237 Å². The number of halogens is 12. The summed E-state index contributed by atoms with van der Waals surface area (Å²) in [6.07, 6.45) is -15.0. The first kappa shape index (κ1) is 33.6. The van der Waals surface area contributed by atoms with Crippen molar-refractivity contribution in [3.63, 3.8) is 0 Å². The number of benzene rings is 2. The highest BCUT2D eigenvalue weighted by molar-refractivity contribution is 9.13. The van der Waals surface area contributed by atoms with Gasteiger partial charge in [-0.1, -0.05) is 12.1 Å². The van der Waals surface area contributed by atoms with E-state index in [1.54, 1.807) is 0 Å². The second-order valence-electron chi connectivity index (χ2n) is 8.47. The molecule has 0 aliphatic carbocycles. The predicted molar refractivity (Wildman–Crippen MR) is 132 cm³/mol. The van der Waals surface area contributed by atoms with Crippen molar-refractivity contribution < 1.29 is 53.5 Å². The maximum atomic E-state index is 15.0. The second kappa shape index (κ2) is 12.5. The Kier molecular flexibility index (Phi) is 10.5. The van der Waals surface area contributed by atoms with E-state index in [4.69, 9.17) is 0 Å². The van der Waals surface area contributed by atoms with Gasteiger partial charge in [-0.3, -0.25) is 9.59 Å². The molecule has 2 aromatic rings. The van der Waals surface area contributed by atoms with Crippen LogP contribution in [0.25, 0.3) is 5.83 Å². The average molecular weight is 716 g/mol. The quantitative estimate of drug-likeness (QED) is 0.296. The zero-order valence-electron chi connectivity index (χ0n) is 20.2. The molecule has 2 unspecified atom stereocenters. The van der Waals surface area contributed by atoms with Gasteiger partial charge in [0.1, 0.15) is 24.3 Å². The summed E-state index contributed by atoms with van der Waals surface area (Å²) in [6, 6.07) is 2.89. The van der Waals surface area contributed by atoms with Gasteiger partial charge in [-0.25, -0.2) is 4.39 Å². The van der Waals surface area contributed by atoms with Crippen LogP contribution in [-0.2, 0) is 11.0 Å². The van der Waals surface area contributed by atoms with E-state index in [9.17, 15) is 53.5 Å². The van der Waals surface area contributed by atoms with E-state index in [-0.39, 0.29) is 21.5 Å². The van der Waals surface area contributed by atoms with Crippen molar-refractivity contribution in [1.82, 2.24) is 10.2 Å². The molecule has 0 bridgehead atoms. The van der Waals surface area contributed by atoms with Crippen molar-refractivity contribution >= 4 is 49.5 Å². The van der Waals surface area contributed by atoms with Gasteiger partial charge in [0.2, 0.25) is 5.91 Å². The fourth-order valence-electron chi connectivity index (χ4n) is 3.47. The summed E-state index contributed by atoms with van der Waals surface area (Å²) in [5, 5.41) is 1.84. The molecule has 1 N–H and O–H groups in total. The van der Waals surface area contributed by atoms with Crippen LogP contribution in [0.4, 0.5) is 43.9 Å². The minimum Gasteiger partial charge on any atom is -0.341 e. The normalized spacial score (nSPS) is 14.5. The monoisotopic (exact) mass is 714 g/mol. The number of likely N-dealkylation sites (N-methyl/N-ethyl adjacent to an activating group) is 1. The van der Waals surface area contributed by atoms with Gasteiger partial charge in [-0.05, 0) is 74.7 Å². The lowest BCUT2D eigenvalue weighted by molar-refractivity contribution is -0.159. The lowest BCUT2D eigenvalue weighted by Crippen LogP contribution is -2.48. The molecule has 220 valence electrons. The van der Waals surface area contributed by atoms with Gasteiger partial charge in [0.25, 0.3) is 5.91 Å². The van der Waals surface area contributed by atoms with Crippen LogP contribution >= 0.6 is 31.9 Å². The van der Waals surface area contributed by atoms with E-state index >= 15 is 0 Å². The average Bonchev–Trinajstić information content (AvgIpc) is 2.80. The molecule has 0 saturated heterocycles. The Hall–Kier alpha value is -2.62. The molecule has 0 aromatic heterocycles. The van der Waals surface area contributed by atoms with Crippen LogP contribution in [0.1, 0.15) is 39.9 Å². The van der Waals surface area contributed by atoms with E-state index in [1.165, 1.54) is 6.07 Å². The van der Waals surface area contributed by atoms with Crippen LogP contribution in [0.15, 0.2) is 51.4 Å². The van der Waals surface area contributed by atoms with Gasteiger partial charge >= 0.3 is 18.5 Å². The number of rotatable bonds is 7. The van der Waals surface area contributed by atoms with E-state index in [0.717, 1.165) is 26.1 Å². The summed E-state index contributed by atoms with van der Waals surface area (Å²) in [4.78, 5) is 24.8. The van der Waals surface area contributed by atoms with Crippen LogP contribution in [0, 0.1) is 0 Å². The van der Waals surface area contributed by atoms with Crippen molar-refractivity contribution in [3.8, 4) is 0 Å². The van der Waals surface area contributed by atoms with Gasteiger partial charge in [0, 0.05) is 21.6 Å². The maximum Gasteiger partial charge on any atom is 0.417 e. The highest BCUT2D eigenvalue weighted by Crippen LogP contribution is 2.41. The highest BCUT2D eigenvalue weighted by atomic mass is 79.9. The molecule has 0 spiro atoms. The zero-order valence-corrected chi connectivity index (χ0v) is 23.4. The van der Waals surface area contributed by atoms with Crippen molar-refractivity contribution in [2.75, 3.05) is 13.6 Å². The highest BCUT2D eigenvalue weighted by Gasteiger charge is 2.41. The van der Waals surface area contributed by atoms with Crippen LogP contribution in [0.2, 0.25) is 0 Å². The lowest BCUT2D eigenvalue weighted by Gasteiger charge is -2.23. The summed E-state index contributed by atoms with van der Waals surface area (Å²) in [5.74, 6) is -7.01. The molecule has 2 aromatic carbocycles. The summed E-state index contributed by atoms with van der Waals surface area (Å²) in [6.45, 7) is -0.745. The van der Waals surface area contributed by atoms with Crippen molar-refractivity contribution in [3.05, 3.63) is 73.7 Å². The third kappa shape index (κ3) is 8.94. The Morgan fingerprint density at radius 2 is 1.55 bits per heavy atom. The first-order valence-electron chi connectivity index (χ1n) is 10.8. The zero-order chi connectivity index (χ0) is 30.8. The molecule has 2 atom stereocenters. The Morgan fingerprint density at radius 3 is 2.05 bits per heavy atom. The maximum absolute atomic E-state index is 15.0. The Balaban J connectivity index is 2.44. The molecular weight excluding hydrogens is 698 g/mol. The molecule has 0 aliphatic heterocycles. The standard InChI is InChI=1S/C24H18Br2F10N2O2/c1-11(21(40)38(2)10-22(28,29)30)37-20(39)14-5-3-13(7-16(14)24(34,35)36)19(27)9-15(23(31,32)33)12-4-6-17(25)18(26)8-12/h3-9,11,15H,10H2,1-2H3,(H,37,39)/b19-9-. The second-order valence-corrected chi connectivity index (χ2v) is 10.2. The lowest BCUT2D eigenvalue weighted by atomic mass is 9.95. The topological polar surface area (TPSA) is 49.4 Å². The van der Waals surface area contributed by atoms with Crippen LogP contribution < -0.4 is 5.32 Å². The first-order valence-corrected chi connectivity index (χ1v) is 12.4. The number of allylic oxidation sites excluding steroid dienone is 1. The minimum atomic E-state index is -5.30. The van der Waals surface area contributed by atoms with E-state index < -0.39 is 76.9 Å². The van der Waals surface area contributed by atoms with Gasteiger partial charge in [-0.2, -0.15) is 39.5 Å². The first-order chi connectivity index (χ1) is 18.1. The largest absolute Gasteiger partial charge is 0.417 e. The van der Waals surface area contributed by atoms with Crippen molar-refractivity contribution in [2.24, 2.45) is 0 Å². The predicted octanol–water partition coefficient (Wildman–Crippen LogP) is 8.03. The molecule has 0 saturated carbocycles. The van der Waals surface area contributed by atoms with Gasteiger partial charge in [0.05, 0.1) is 11.1 Å². The number of carbonyl (C=O) groups excluding carboxylic acids is 2. The Bertz CT molecular complexity index is 1290. The number of nitrogens with zero attached hydrogens (tertiary/aromatic N) is 1. The number of carbonyl (C=O) groups is 2. The number of alkyl halides is 9. The molecule has 0 aliphatic rings. The summed E-state index contributed by atoms with van der Waals surface area (Å²) >= 11 is 6.11. The van der Waals surface area contributed by atoms with Crippen LogP contribution in [0.5, 0.6) is 0 Å². The van der Waals surface area contributed by atoms with Gasteiger partial charge < -0.3 is 10.2 Å². The molecule has 0 heterocycles. The number of hydrogen-bond donors (Lipinski definition) is 1. The third-order valence-electron chi connectivity index (χ3n) is 5.32. The molecular formula is C24H18Br2F10N2O2. The SMILES string of the molecule is CC(NC(=O)c1ccc(/C(F)=C/C(c2ccc(Br)c(Br)c2)C(F)(F)F)cc1C(F)(F)F)C(=O)N(C)CC(F)(F)F. The molecule has 16 heteroatoms. The fraction of sp³-hybridized carbons (Fsp3) is 0.333. The Morgan fingerprint density at radius 1 is 0.950 bits per heavy atom. The molecule has 0 fully saturated rings. The van der Waals surface area contributed by atoms with Crippen molar-refractivity contribution in [2.45, 2.75) is 37.4 Å². The number of nitrogens with one attached hydrogen (secondary N) is 1. The molecule has 2 amide bonds. The number of amides is 2. The van der Waals surface area contributed by atoms with Crippen LogP contribution in [-0.4, -0.2) is 48.7 Å². The molecule has 0 radical (unpaired) electrons. The van der Waals surface area contributed by atoms with Gasteiger partial charge in [-0.15, -0.1) is 0 Å². The summed E-state index contributed by atoms with van der Waals surface area (Å²) < 4.78 is 136. The van der Waals surface area contributed by atoms with E-state index in [0.29, 0.717) is 16.6 Å². The van der Waals surface area contributed by atoms with Crippen molar-refractivity contribution in [1.29, 1.82) is 0 Å². The third-order valence-corrected chi connectivity index (χ3v) is 7.20. The smallest absolute Gasteiger partial charge is 0.341 e. The minimum absolute atomic E-state index is 0.0855. The summed E-state index contributed by atoms with van der Waals surface area (Å²) in [7, 11) is 0.769. The van der Waals surface area contributed by atoms with E-state index in [1.807, 2.05) is 5.32 Å². The summed E-state index contributed by atoms with van der Waals surface area (Å²) in [5.41, 5.74) is -4.22. The van der Waals surface area contributed by atoms with E-state index in [2.05, 4.69) is 31.9 Å². The van der Waals surface area contributed by atoms with Crippen LogP contribution in [0.3, 0.4) is 0 Å². The number of hydrogen-bond acceptors (Lipinski definition) is 2. The molecule has 4 nitrogen and oxygen atoms in total. The van der Waals surface area contributed by atoms with Gasteiger partial charge in [0.15, 0.2) is 0 Å². The fourth-order valence-corrected chi connectivity index (χ4v) is 4.11. The molecule has 40 heavy (non-hydrogen) atoms.